The van der Waals surface area contributed by atoms with Crippen LogP contribution in [-0.4, -0.2) is 32.9 Å². The zero-order valence-corrected chi connectivity index (χ0v) is 22.0. The normalized spacial score (nSPS) is 15.3. The maximum atomic E-state index is 13.2. The molecule has 1 aliphatic rings. The van der Waals surface area contributed by atoms with Gasteiger partial charge in [0.25, 0.3) is 0 Å². The van der Waals surface area contributed by atoms with Gasteiger partial charge in [0, 0.05) is 16.5 Å². The van der Waals surface area contributed by atoms with Crippen molar-refractivity contribution in [1.29, 1.82) is 0 Å². The Bertz CT molecular complexity index is 1240. The summed E-state index contributed by atoms with van der Waals surface area (Å²) in [5.74, 6) is 1.57. The van der Waals surface area contributed by atoms with Gasteiger partial charge in [-0.25, -0.2) is 9.48 Å². The van der Waals surface area contributed by atoms with Crippen LogP contribution in [0.3, 0.4) is 0 Å². The largest absolute Gasteiger partial charge is 0.491 e. The summed E-state index contributed by atoms with van der Waals surface area (Å²) in [6, 6.07) is 14.9. The van der Waals surface area contributed by atoms with Crippen LogP contribution in [0.25, 0.3) is 0 Å². The Morgan fingerprint density at radius 3 is 2.49 bits per heavy atom. The number of benzene rings is 2. The highest BCUT2D eigenvalue weighted by Crippen LogP contribution is 2.38. The lowest BCUT2D eigenvalue weighted by Crippen LogP contribution is -2.30. The molecule has 9 heteroatoms. The summed E-state index contributed by atoms with van der Waals surface area (Å²) in [4.78, 5) is 17.8. The minimum Gasteiger partial charge on any atom is -0.491 e. The lowest BCUT2D eigenvalue weighted by atomic mass is 9.95. The molecule has 2 aromatic carbocycles. The minimum atomic E-state index is -0.493. The predicted molar refractivity (Wildman–Crippen MR) is 139 cm³/mol. The van der Waals surface area contributed by atoms with Crippen molar-refractivity contribution in [2.75, 3.05) is 5.32 Å². The number of halogens is 1. The van der Waals surface area contributed by atoms with Gasteiger partial charge >= 0.3 is 5.97 Å². The number of thioether (sulfide) groups is 1. The number of ether oxygens (including phenoxy) is 2. The van der Waals surface area contributed by atoms with Gasteiger partial charge in [-0.2, -0.15) is 4.98 Å². The Hall–Kier alpha value is -2.97. The summed E-state index contributed by atoms with van der Waals surface area (Å²) in [6.07, 6.45) is -0.179. The van der Waals surface area contributed by atoms with Crippen LogP contribution in [0.5, 0.6) is 5.75 Å². The Balaban J connectivity index is 1.69. The second-order valence-electron chi connectivity index (χ2n) is 8.80. The molecule has 4 rings (SSSR count). The highest BCUT2D eigenvalue weighted by atomic mass is 35.5. The van der Waals surface area contributed by atoms with E-state index in [9.17, 15) is 4.79 Å². The second-order valence-corrected chi connectivity index (χ2v) is 10.1. The number of rotatable bonds is 8. The molecule has 35 heavy (non-hydrogen) atoms. The van der Waals surface area contributed by atoms with E-state index < -0.39 is 6.04 Å². The monoisotopic (exact) mass is 512 g/mol. The molecule has 0 saturated carbocycles. The third kappa shape index (κ3) is 5.82. The molecule has 0 bridgehead atoms. The quantitative estimate of drug-likeness (QED) is 0.282. The molecule has 1 aromatic heterocycles. The van der Waals surface area contributed by atoms with Crippen molar-refractivity contribution in [1.82, 2.24) is 14.8 Å². The van der Waals surface area contributed by atoms with Crippen molar-refractivity contribution in [3.05, 3.63) is 76.0 Å². The van der Waals surface area contributed by atoms with E-state index >= 15 is 0 Å². The van der Waals surface area contributed by atoms with Crippen LogP contribution in [-0.2, 0) is 15.3 Å². The minimum absolute atomic E-state index is 0.0677. The molecule has 0 fully saturated rings. The van der Waals surface area contributed by atoms with Crippen LogP contribution in [0.4, 0.5) is 5.95 Å². The van der Waals surface area contributed by atoms with Crippen molar-refractivity contribution in [3.8, 4) is 5.75 Å². The van der Waals surface area contributed by atoms with E-state index in [1.807, 2.05) is 83.1 Å². The molecule has 3 aromatic rings. The summed E-state index contributed by atoms with van der Waals surface area (Å²) >= 11 is 7.80. The van der Waals surface area contributed by atoms with E-state index in [1.54, 1.807) is 4.68 Å². The summed E-state index contributed by atoms with van der Waals surface area (Å²) in [7, 11) is 0. The number of esters is 1. The third-order valence-electron chi connectivity index (χ3n) is 5.28. The van der Waals surface area contributed by atoms with Gasteiger partial charge in [-0.1, -0.05) is 53.7 Å². The number of carbonyl (C=O) groups excluding carboxylic acids is 1. The topological polar surface area (TPSA) is 78.3 Å². The Labute approximate surface area is 214 Å². The van der Waals surface area contributed by atoms with Crippen LogP contribution in [0.1, 0.15) is 51.8 Å². The molecular weight excluding hydrogens is 484 g/mol. The van der Waals surface area contributed by atoms with Crippen LogP contribution in [0.2, 0.25) is 5.02 Å². The van der Waals surface area contributed by atoms with E-state index in [1.165, 1.54) is 11.8 Å². The highest BCUT2D eigenvalue weighted by molar-refractivity contribution is 7.98. The van der Waals surface area contributed by atoms with Gasteiger partial charge in [0.05, 0.1) is 17.8 Å². The first-order valence-electron chi connectivity index (χ1n) is 11.5. The van der Waals surface area contributed by atoms with Gasteiger partial charge in [0.1, 0.15) is 11.8 Å². The molecule has 184 valence electrons. The number of aromatic nitrogens is 3. The summed E-state index contributed by atoms with van der Waals surface area (Å²) in [6.45, 7) is 9.49. The first-order chi connectivity index (χ1) is 16.7. The van der Waals surface area contributed by atoms with Crippen LogP contribution >= 0.6 is 23.4 Å². The van der Waals surface area contributed by atoms with Crippen LogP contribution < -0.4 is 10.1 Å². The molecule has 1 unspecified atom stereocenters. The van der Waals surface area contributed by atoms with E-state index in [-0.39, 0.29) is 18.2 Å². The van der Waals surface area contributed by atoms with Gasteiger partial charge in [-0.3, -0.25) is 0 Å². The Morgan fingerprint density at radius 2 is 1.83 bits per heavy atom. The van der Waals surface area contributed by atoms with Gasteiger partial charge < -0.3 is 14.8 Å². The number of nitrogens with zero attached hydrogens (tertiary/aromatic N) is 3. The molecule has 0 saturated heterocycles. The van der Waals surface area contributed by atoms with Gasteiger partial charge in [0.2, 0.25) is 11.1 Å². The van der Waals surface area contributed by atoms with E-state index in [2.05, 4.69) is 10.3 Å². The summed E-state index contributed by atoms with van der Waals surface area (Å²) in [5, 5.41) is 9.29. The number of carbonyl (C=O) groups is 1. The van der Waals surface area contributed by atoms with Crippen molar-refractivity contribution in [2.24, 2.45) is 0 Å². The van der Waals surface area contributed by atoms with Crippen molar-refractivity contribution < 1.29 is 14.3 Å². The SMILES string of the molecule is CC1=C(C(=O)OC(C)C)C(c2ccc(OC(C)C)cc2)n2nc(SCc3ccccc3Cl)nc2N1. The molecule has 1 atom stereocenters. The zero-order chi connectivity index (χ0) is 25.1. The standard InChI is InChI=1S/C26H29ClN4O3S/c1-15(2)33-20-12-10-18(11-13-20)23-22(24(32)34-16(3)4)17(5)28-25-29-26(30-31(23)25)35-14-19-8-6-7-9-21(19)27/h6-13,15-16,23H,14H2,1-5H3,(H,28,29,30). The molecule has 0 amide bonds. The Morgan fingerprint density at radius 1 is 1.11 bits per heavy atom. The number of anilines is 1. The van der Waals surface area contributed by atoms with Crippen molar-refractivity contribution >= 4 is 35.3 Å². The van der Waals surface area contributed by atoms with Gasteiger partial charge in [-0.05, 0) is 63.9 Å². The van der Waals surface area contributed by atoms with E-state index in [0.717, 1.165) is 16.9 Å². The molecule has 1 N–H and O–H groups in total. The lowest BCUT2D eigenvalue weighted by Gasteiger charge is -2.28. The molecule has 0 aliphatic carbocycles. The molecule has 0 radical (unpaired) electrons. The number of fused-ring (bicyclic) bond motifs is 1. The highest BCUT2D eigenvalue weighted by Gasteiger charge is 2.35. The molecule has 0 spiro atoms. The summed E-state index contributed by atoms with van der Waals surface area (Å²) in [5.41, 5.74) is 3.07. The molecule has 2 heterocycles. The van der Waals surface area contributed by atoms with Crippen molar-refractivity contribution in [2.45, 2.75) is 63.8 Å². The van der Waals surface area contributed by atoms with E-state index in [4.69, 9.17) is 26.2 Å². The number of hydrogen-bond acceptors (Lipinski definition) is 7. The fourth-order valence-corrected chi connectivity index (χ4v) is 4.92. The lowest BCUT2D eigenvalue weighted by molar-refractivity contribution is -0.143. The first-order valence-corrected chi connectivity index (χ1v) is 12.9. The van der Waals surface area contributed by atoms with Crippen molar-refractivity contribution in [3.63, 3.8) is 0 Å². The third-order valence-corrected chi connectivity index (χ3v) is 6.53. The predicted octanol–water partition coefficient (Wildman–Crippen LogP) is 6.25. The second kappa shape index (κ2) is 10.7. The maximum absolute atomic E-state index is 13.2. The molecular formula is C26H29ClN4O3S. The van der Waals surface area contributed by atoms with Gasteiger partial charge in [0.15, 0.2) is 0 Å². The average molecular weight is 513 g/mol. The van der Waals surface area contributed by atoms with Crippen LogP contribution in [0.15, 0.2) is 65.0 Å². The summed E-state index contributed by atoms with van der Waals surface area (Å²) < 4.78 is 13.1. The number of allylic oxidation sites excluding steroid dienone is 1. The Kier molecular flexibility index (Phi) is 7.72. The van der Waals surface area contributed by atoms with E-state index in [0.29, 0.717) is 33.2 Å². The number of hydrogen-bond donors (Lipinski definition) is 1. The smallest absolute Gasteiger partial charge is 0.338 e. The molecule has 1 aliphatic heterocycles. The first kappa shape index (κ1) is 25.1. The van der Waals surface area contributed by atoms with Crippen LogP contribution in [0, 0.1) is 0 Å². The molecule has 7 nitrogen and oxygen atoms in total. The fourth-order valence-electron chi connectivity index (χ4n) is 3.80. The number of nitrogens with one attached hydrogen (secondary N) is 1. The maximum Gasteiger partial charge on any atom is 0.338 e. The average Bonchev–Trinajstić information content (AvgIpc) is 3.19. The zero-order valence-electron chi connectivity index (χ0n) is 20.4. The fraction of sp³-hybridized carbons (Fsp3) is 0.346. The van der Waals surface area contributed by atoms with Gasteiger partial charge in [-0.15, -0.1) is 5.10 Å².